The van der Waals surface area contributed by atoms with Crippen molar-refractivity contribution < 1.29 is 9.47 Å². The molecular weight excluding hydrogens is 279 g/mol. The molecule has 2 nitrogen and oxygen atoms in total. The van der Waals surface area contributed by atoms with Crippen LogP contribution in [0.3, 0.4) is 0 Å². The second kappa shape index (κ2) is 7.47. The van der Waals surface area contributed by atoms with E-state index in [1.165, 1.54) is 10.6 Å². The molecule has 2 rings (SSSR count). The highest BCUT2D eigenvalue weighted by Crippen LogP contribution is 2.19. The molecule has 0 radical (unpaired) electrons. The van der Waals surface area contributed by atoms with Crippen molar-refractivity contribution in [2.75, 3.05) is 0 Å². The molecule has 3 heteroatoms. The highest BCUT2D eigenvalue weighted by atomic mass is 31.1. The zero-order valence-corrected chi connectivity index (χ0v) is 14.1. The van der Waals surface area contributed by atoms with Crippen LogP contribution in [0.5, 0.6) is 11.5 Å². The fraction of sp³-hybridized carbons (Fsp3) is 0.333. The smallest absolute Gasteiger partial charge is 0.120 e. The molecule has 0 N–H and O–H groups in total. The van der Waals surface area contributed by atoms with E-state index < -0.39 is 0 Å². The van der Waals surface area contributed by atoms with Crippen molar-refractivity contribution in [2.24, 2.45) is 0 Å². The van der Waals surface area contributed by atoms with Gasteiger partial charge in [-0.3, -0.25) is 0 Å². The fourth-order valence-electron chi connectivity index (χ4n) is 2.01. The molecule has 2 aromatic carbocycles. The first-order valence-electron chi connectivity index (χ1n) is 7.33. The molecule has 0 aliphatic rings. The van der Waals surface area contributed by atoms with E-state index in [2.05, 4.69) is 36.4 Å². The van der Waals surface area contributed by atoms with Gasteiger partial charge in [-0.15, -0.1) is 0 Å². The first-order chi connectivity index (χ1) is 10.0. The Morgan fingerprint density at radius 2 is 1.14 bits per heavy atom. The van der Waals surface area contributed by atoms with E-state index in [0.717, 1.165) is 11.5 Å². The topological polar surface area (TPSA) is 18.5 Å². The molecule has 0 saturated heterocycles. The molecule has 0 saturated carbocycles. The summed E-state index contributed by atoms with van der Waals surface area (Å²) in [5.74, 6) is 1.87. The largest absolute Gasteiger partial charge is 0.491 e. The second-order valence-electron chi connectivity index (χ2n) is 5.51. The summed E-state index contributed by atoms with van der Waals surface area (Å²) in [7, 11) is 0.603. The molecule has 0 aliphatic heterocycles. The van der Waals surface area contributed by atoms with E-state index >= 15 is 0 Å². The van der Waals surface area contributed by atoms with E-state index in [-0.39, 0.29) is 12.2 Å². The predicted molar refractivity (Wildman–Crippen MR) is 92.0 cm³/mol. The number of hydrogen-bond acceptors (Lipinski definition) is 2. The summed E-state index contributed by atoms with van der Waals surface area (Å²) in [6.45, 7) is 8.17. The number of hydrogen-bond donors (Lipinski definition) is 0. The molecule has 0 heterocycles. The fourth-order valence-corrected chi connectivity index (χ4v) is 3.13. The van der Waals surface area contributed by atoms with Crippen molar-refractivity contribution in [3.8, 4) is 11.5 Å². The van der Waals surface area contributed by atoms with Crippen molar-refractivity contribution in [2.45, 2.75) is 39.9 Å². The van der Waals surface area contributed by atoms with Crippen LogP contribution < -0.4 is 20.1 Å². The molecule has 0 amide bonds. The molecule has 0 spiro atoms. The lowest BCUT2D eigenvalue weighted by Gasteiger charge is -2.12. The van der Waals surface area contributed by atoms with Crippen molar-refractivity contribution >= 4 is 19.2 Å². The van der Waals surface area contributed by atoms with Gasteiger partial charge in [-0.1, -0.05) is 32.8 Å². The molecule has 0 bridgehead atoms. The maximum absolute atomic E-state index is 5.75. The minimum absolute atomic E-state index is 0.200. The third-order valence-corrected chi connectivity index (χ3v) is 3.90. The van der Waals surface area contributed by atoms with Gasteiger partial charge >= 0.3 is 0 Å². The lowest BCUT2D eigenvalue weighted by atomic mass is 10.3. The van der Waals surface area contributed by atoms with E-state index in [0.29, 0.717) is 8.58 Å². The molecule has 112 valence electrons. The highest BCUT2D eigenvalue weighted by molar-refractivity contribution is 7.55. The van der Waals surface area contributed by atoms with Crippen LogP contribution in [0.4, 0.5) is 0 Å². The third kappa shape index (κ3) is 5.40. The van der Waals surface area contributed by atoms with Crippen molar-refractivity contribution in [1.29, 1.82) is 0 Å². The Morgan fingerprint density at radius 3 is 1.52 bits per heavy atom. The zero-order chi connectivity index (χ0) is 15.2. The minimum atomic E-state index is 0.200. The van der Waals surface area contributed by atoms with Crippen LogP contribution in [-0.4, -0.2) is 12.2 Å². The minimum Gasteiger partial charge on any atom is -0.491 e. The molecule has 0 unspecified atom stereocenters. The summed E-state index contributed by atoms with van der Waals surface area (Å²) >= 11 is 0. The normalized spacial score (nSPS) is 11.0. The van der Waals surface area contributed by atoms with Gasteiger partial charge in [0, 0.05) is 0 Å². The average Bonchev–Trinajstić information content (AvgIpc) is 2.37. The van der Waals surface area contributed by atoms with Gasteiger partial charge in [-0.25, -0.2) is 0 Å². The summed E-state index contributed by atoms with van der Waals surface area (Å²) in [4.78, 5) is 0. The van der Waals surface area contributed by atoms with Crippen LogP contribution in [0, 0.1) is 0 Å². The molecular formula is C18H23O2P. The molecule has 0 atom stereocenters. The lowest BCUT2D eigenvalue weighted by molar-refractivity contribution is 0.242. The average molecular weight is 302 g/mol. The van der Waals surface area contributed by atoms with Gasteiger partial charge in [-0.2, -0.15) is 0 Å². The van der Waals surface area contributed by atoms with E-state index in [1.54, 1.807) is 0 Å². The van der Waals surface area contributed by atoms with Crippen LogP contribution in [-0.2, 0) is 0 Å². The molecule has 0 aliphatic carbocycles. The van der Waals surface area contributed by atoms with Crippen LogP contribution >= 0.6 is 8.58 Å². The summed E-state index contributed by atoms with van der Waals surface area (Å²) < 4.78 is 11.5. The predicted octanol–water partition coefficient (Wildman–Crippen LogP) is 3.89. The van der Waals surface area contributed by atoms with Crippen LogP contribution in [0.15, 0.2) is 48.5 Å². The van der Waals surface area contributed by atoms with Crippen molar-refractivity contribution in [1.82, 2.24) is 0 Å². The van der Waals surface area contributed by atoms with E-state index in [1.807, 2.05) is 39.8 Å². The van der Waals surface area contributed by atoms with Gasteiger partial charge in [0.15, 0.2) is 0 Å². The maximum Gasteiger partial charge on any atom is 0.120 e. The van der Waals surface area contributed by atoms with Crippen LogP contribution in [0.25, 0.3) is 0 Å². The van der Waals surface area contributed by atoms with E-state index in [9.17, 15) is 0 Å². The lowest BCUT2D eigenvalue weighted by Crippen LogP contribution is -2.10. The molecule has 2 aromatic rings. The van der Waals surface area contributed by atoms with Gasteiger partial charge in [0.2, 0.25) is 0 Å². The summed E-state index contributed by atoms with van der Waals surface area (Å²) in [5, 5.41) is 2.55. The maximum atomic E-state index is 5.75. The van der Waals surface area contributed by atoms with Crippen molar-refractivity contribution in [3.05, 3.63) is 48.5 Å². The van der Waals surface area contributed by atoms with Gasteiger partial charge < -0.3 is 9.47 Å². The van der Waals surface area contributed by atoms with Crippen LogP contribution in [0.2, 0.25) is 0 Å². The second-order valence-corrected chi connectivity index (χ2v) is 6.92. The Morgan fingerprint density at radius 1 is 0.714 bits per heavy atom. The van der Waals surface area contributed by atoms with Gasteiger partial charge in [0.05, 0.1) is 12.2 Å². The third-order valence-electron chi connectivity index (χ3n) is 2.70. The highest BCUT2D eigenvalue weighted by Gasteiger charge is 2.03. The summed E-state index contributed by atoms with van der Waals surface area (Å²) in [5.41, 5.74) is 0. The standard InChI is InChI=1S/C18H23O2P/c1-13(2)19-15-7-5-9-17(11-15)21-18-10-6-8-16(12-18)20-14(3)4/h5-14,21H,1-4H3. The molecule has 0 fully saturated rings. The molecule has 21 heavy (non-hydrogen) atoms. The Balaban J connectivity index is 2.10. The summed E-state index contributed by atoms with van der Waals surface area (Å²) in [6.07, 6.45) is 0.401. The van der Waals surface area contributed by atoms with E-state index in [4.69, 9.17) is 9.47 Å². The van der Waals surface area contributed by atoms with Gasteiger partial charge in [0.1, 0.15) is 11.5 Å². The number of ether oxygens (including phenoxy) is 2. The monoisotopic (exact) mass is 302 g/mol. The van der Waals surface area contributed by atoms with Gasteiger partial charge in [0.25, 0.3) is 0 Å². The summed E-state index contributed by atoms with van der Waals surface area (Å²) in [6, 6.07) is 16.6. The SMILES string of the molecule is CC(C)Oc1cccc(Pc2cccc(OC(C)C)c2)c1. The first kappa shape index (κ1) is 15.9. The Labute approximate surface area is 129 Å². The number of benzene rings is 2. The quantitative estimate of drug-likeness (QED) is 0.754. The Hall–Kier alpha value is -1.53. The van der Waals surface area contributed by atoms with Gasteiger partial charge in [-0.05, 0) is 62.6 Å². The first-order valence-corrected chi connectivity index (χ1v) is 8.33. The van der Waals surface area contributed by atoms with Crippen molar-refractivity contribution in [3.63, 3.8) is 0 Å². The van der Waals surface area contributed by atoms with Crippen LogP contribution in [0.1, 0.15) is 27.7 Å². The molecule has 0 aromatic heterocycles. The Bertz CT molecular complexity index is 527. The number of rotatable bonds is 6. The zero-order valence-electron chi connectivity index (χ0n) is 13.1. The Kier molecular flexibility index (Phi) is 5.64.